The molecule has 2 aliphatic rings. The van der Waals surface area contributed by atoms with Crippen LogP contribution in [0.15, 0.2) is 48.5 Å². The molecule has 34 heavy (non-hydrogen) atoms. The lowest BCUT2D eigenvalue weighted by molar-refractivity contribution is -0.142. The van der Waals surface area contributed by atoms with E-state index in [1.54, 1.807) is 13.8 Å². The Labute approximate surface area is 199 Å². The normalized spacial score (nSPS) is 16.1. The number of alkyl carbamates (subject to hydrolysis) is 1. The maximum Gasteiger partial charge on any atom is 0.407 e. The summed E-state index contributed by atoms with van der Waals surface area (Å²) in [6.45, 7) is 4.09. The van der Waals surface area contributed by atoms with Crippen LogP contribution in [-0.2, 0) is 14.3 Å². The minimum Gasteiger partial charge on any atom is -0.481 e. The summed E-state index contributed by atoms with van der Waals surface area (Å²) in [5.74, 6) is -1.09. The standard InChI is InChI=1S/C27H32N2O5/c1-26(2,14-23(30)28-17-27(12-7-13-27)15-24(31)32)29-25(33)34-16-22-20-10-5-3-8-18(20)19-9-4-6-11-21(19)22/h3-6,8-11,22H,7,12-17H2,1-2H3,(H,28,30)(H,29,33)(H,31,32). The van der Waals surface area contributed by atoms with Gasteiger partial charge in [-0.25, -0.2) is 4.79 Å². The van der Waals surface area contributed by atoms with Gasteiger partial charge in [0.05, 0.1) is 6.42 Å². The Hall–Kier alpha value is -3.35. The Kier molecular flexibility index (Phi) is 6.64. The summed E-state index contributed by atoms with van der Waals surface area (Å²) >= 11 is 0. The Balaban J connectivity index is 1.29. The van der Waals surface area contributed by atoms with Crippen LogP contribution in [0.5, 0.6) is 0 Å². The van der Waals surface area contributed by atoms with E-state index in [0.717, 1.165) is 41.5 Å². The molecule has 0 radical (unpaired) electrons. The number of carboxylic acid groups (broad SMARTS) is 1. The quantitative estimate of drug-likeness (QED) is 0.508. The summed E-state index contributed by atoms with van der Waals surface area (Å²) in [4.78, 5) is 36.2. The van der Waals surface area contributed by atoms with E-state index in [-0.39, 0.29) is 36.7 Å². The van der Waals surface area contributed by atoms with Gasteiger partial charge in [-0.1, -0.05) is 55.0 Å². The fourth-order valence-electron chi connectivity index (χ4n) is 5.12. The number of nitrogens with one attached hydrogen (secondary N) is 2. The maximum atomic E-state index is 12.6. The van der Waals surface area contributed by atoms with Gasteiger partial charge in [-0.05, 0) is 54.4 Å². The lowest BCUT2D eigenvalue weighted by atomic mass is 9.66. The number of fused-ring (bicyclic) bond motifs is 3. The predicted molar refractivity (Wildman–Crippen MR) is 128 cm³/mol. The average Bonchev–Trinajstić information content (AvgIpc) is 3.07. The minimum absolute atomic E-state index is 0.0301. The lowest BCUT2D eigenvalue weighted by Crippen LogP contribution is -2.49. The van der Waals surface area contributed by atoms with E-state index >= 15 is 0 Å². The number of benzene rings is 2. The smallest absolute Gasteiger partial charge is 0.407 e. The van der Waals surface area contributed by atoms with Crippen molar-refractivity contribution >= 4 is 18.0 Å². The number of carboxylic acids is 1. The molecule has 2 aliphatic carbocycles. The van der Waals surface area contributed by atoms with Gasteiger partial charge >= 0.3 is 12.1 Å². The monoisotopic (exact) mass is 464 g/mol. The van der Waals surface area contributed by atoms with E-state index in [9.17, 15) is 14.4 Å². The topological polar surface area (TPSA) is 105 Å². The third kappa shape index (κ3) is 5.24. The second-order valence-corrected chi connectivity index (χ2v) is 10.2. The van der Waals surface area contributed by atoms with Crippen LogP contribution in [0.1, 0.15) is 63.0 Å². The van der Waals surface area contributed by atoms with Crippen molar-refractivity contribution in [1.82, 2.24) is 10.6 Å². The van der Waals surface area contributed by atoms with Gasteiger partial charge in [0.15, 0.2) is 0 Å². The van der Waals surface area contributed by atoms with Crippen molar-refractivity contribution < 1.29 is 24.2 Å². The molecule has 0 aliphatic heterocycles. The first-order chi connectivity index (χ1) is 16.2. The summed E-state index contributed by atoms with van der Waals surface area (Å²) in [5, 5.41) is 14.8. The molecule has 4 rings (SSSR count). The molecule has 7 heteroatoms. The van der Waals surface area contributed by atoms with Crippen LogP contribution in [0.4, 0.5) is 4.79 Å². The molecule has 1 fully saturated rings. The van der Waals surface area contributed by atoms with E-state index in [4.69, 9.17) is 9.84 Å². The molecule has 180 valence electrons. The molecule has 2 aromatic rings. The molecule has 1 saturated carbocycles. The average molecular weight is 465 g/mol. The van der Waals surface area contributed by atoms with Crippen molar-refractivity contribution in [1.29, 1.82) is 0 Å². The number of amides is 2. The number of hydrogen-bond acceptors (Lipinski definition) is 4. The molecule has 0 heterocycles. The van der Waals surface area contributed by atoms with Gasteiger partial charge in [0.2, 0.25) is 5.91 Å². The molecule has 0 saturated heterocycles. The van der Waals surface area contributed by atoms with Crippen molar-refractivity contribution in [3.05, 3.63) is 59.7 Å². The third-order valence-electron chi connectivity index (χ3n) is 6.99. The van der Waals surface area contributed by atoms with Crippen LogP contribution < -0.4 is 10.6 Å². The lowest BCUT2D eigenvalue weighted by Gasteiger charge is -2.41. The first-order valence-corrected chi connectivity index (χ1v) is 11.8. The highest BCUT2D eigenvalue weighted by Crippen LogP contribution is 2.45. The molecule has 0 unspecified atom stereocenters. The molecule has 0 spiro atoms. The Morgan fingerprint density at radius 3 is 2.15 bits per heavy atom. The van der Waals surface area contributed by atoms with Gasteiger partial charge in [0.25, 0.3) is 0 Å². The summed E-state index contributed by atoms with van der Waals surface area (Å²) in [5.41, 5.74) is 3.45. The van der Waals surface area contributed by atoms with E-state index < -0.39 is 17.6 Å². The van der Waals surface area contributed by atoms with Crippen molar-refractivity contribution in [3.8, 4) is 11.1 Å². The number of aliphatic carboxylic acids is 1. The third-order valence-corrected chi connectivity index (χ3v) is 6.99. The Morgan fingerprint density at radius 1 is 1.03 bits per heavy atom. The van der Waals surface area contributed by atoms with Gasteiger partial charge in [0.1, 0.15) is 6.61 Å². The summed E-state index contributed by atoms with van der Waals surface area (Å²) in [6.07, 6.45) is 2.16. The van der Waals surface area contributed by atoms with Gasteiger partial charge < -0.3 is 20.5 Å². The fraction of sp³-hybridized carbons (Fsp3) is 0.444. The fourth-order valence-corrected chi connectivity index (χ4v) is 5.12. The number of hydrogen-bond donors (Lipinski definition) is 3. The number of carbonyl (C=O) groups is 3. The zero-order chi connectivity index (χ0) is 24.3. The summed E-state index contributed by atoms with van der Waals surface area (Å²) < 4.78 is 5.59. The second kappa shape index (κ2) is 9.49. The van der Waals surface area contributed by atoms with Gasteiger partial charge in [-0.3, -0.25) is 9.59 Å². The van der Waals surface area contributed by atoms with Crippen LogP contribution in [0, 0.1) is 5.41 Å². The van der Waals surface area contributed by atoms with Gasteiger partial charge in [0, 0.05) is 24.4 Å². The number of carbonyl (C=O) groups excluding carboxylic acids is 2. The molecule has 7 nitrogen and oxygen atoms in total. The molecular weight excluding hydrogens is 432 g/mol. The van der Waals surface area contributed by atoms with E-state index in [2.05, 4.69) is 34.9 Å². The molecule has 3 N–H and O–H groups in total. The van der Waals surface area contributed by atoms with Crippen LogP contribution >= 0.6 is 0 Å². The predicted octanol–water partition coefficient (Wildman–Crippen LogP) is 4.46. The highest BCUT2D eigenvalue weighted by Gasteiger charge is 2.39. The molecule has 2 amide bonds. The molecular formula is C27H32N2O5. The SMILES string of the molecule is CC(C)(CC(=O)NCC1(CC(=O)O)CCC1)NC(=O)OCC1c2ccccc2-c2ccccc21. The molecule has 2 aromatic carbocycles. The van der Waals surface area contributed by atoms with E-state index in [1.165, 1.54) is 0 Å². The Morgan fingerprint density at radius 2 is 1.62 bits per heavy atom. The molecule has 0 atom stereocenters. The van der Waals surface area contributed by atoms with Crippen LogP contribution in [0.25, 0.3) is 11.1 Å². The number of ether oxygens (including phenoxy) is 1. The van der Waals surface area contributed by atoms with Gasteiger partial charge in [-0.15, -0.1) is 0 Å². The second-order valence-electron chi connectivity index (χ2n) is 10.2. The van der Waals surface area contributed by atoms with E-state index in [0.29, 0.717) is 6.54 Å². The minimum atomic E-state index is -0.841. The highest BCUT2D eigenvalue weighted by atomic mass is 16.5. The van der Waals surface area contributed by atoms with Crippen LogP contribution in [0.2, 0.25) is 0 Å². The number of rotatable bonds is 9. The highest BCUT2D eigenvalue weighted by molar-refractivity contribution is 5.80. The van der Waals surface area contributed by atoms with Crippen LogP contribution in [0.3, 0.4) is 0 Å². The zero-order valence-corrected chi connectivity index (χ0v) is 19.7. The summed E-state index contributed by atoms with van der Waals surface area (Å²) in [6, 6.07) is 16.3. The van der Waals surface area contributed by atoms with Crippen molar-refractivity contribution in [3.63, 3.8) is 0 Å². The van der Waals surface area contributed by atoms with Crippen molar-refractivity contribution in [2.45, 2.75) is 57.4 Å². The van der Waals surface area contributed by atoms with E-state index in [1.807, 2.05) is 24.3 Å². The van der Waals surface area contributed by atoms with Crippen LogP contribution in [-0.4, -0.2) is 41.8 Å². The Bertz CT molecular complexity index is 1040. The first kappa shape index (κ1) is 23.8. The largest absolute Gasteiger partial charge is 0.481 e. The van der Waals surface area contributed by atoms with Crippen molar-refractivity contribution in [2.75, 3.05) is 13.2 Å². The molecule has 0 aromatic heterocycles. The van der Waals surface area contributed by atoms with Crippen molar-refractivity contribution in [2.24, 2.45) is 5.41 Å². The summed E-state index contributed by atoms with van der Waals surface area (Å²) in [7, 11) is 0. The molecule has 0 bridgehead atoms. The van der Waals surface area contributed by atoms with Gasteiger partial charge in [-0.2, -0.15) is 0 Å². The zero-order valence-electron chi connectivity index (χ0n) is 19.7. The first-order valence-electron chi connectivity index (χ1n) is 11.8. The maximum absolute atomic E-state index is 12.6.